The van der Waals surface area contributed by atoms with E-state index < -0.39 is 0 Å². The highest BCUT2D eigenvalue weighted by Gasteiger charge is 2.12. The molecule has 4 aromatic carbocycles. The molecule has 0 aliphatic carbocycles. The van der Waals surface area contributed by atoms with Gasteiger partial charge in [-0.3, -0.25) is 0 Å². The van der Waals surface area contributed by atoms with Crippen molar-refractivity contribution in [2.75, 3.05) is 5.73 Å². The summed E-state index contributed by atoms with van der Waals surface area (Å²) < 4.78 is 0. The van der Waals surface area contributed by atoms with E-state index >= 15 is 0 Å². The molecule has 0 saturated carbocycles. The minimum absolute atomic E-state index is 0.772. The Morgan fingerprint density at radius 1 is 0.618 bits per heavy atom. The lowest BCUT2D eigenvalue weighted by Crippen LogP contribution is -2.05. The Balaban J connectivity index is 1.75. The van der Waals surface area contributed by atoms with Crippen molar-refractivity contribution in [2.24, 2.45) is 4.99 Å². The van der Waals surface area contributed by atoms with E-state index in [0.29, 0.717) is 0 Å². The minimum atomic E-state index is 0.772. The molecule has 168 valence electrons. The lowest BCUT2D eigenvalue weighted by atomic mass is 9.95. The quantitative estimate of drug-likeness (QED) is 0.237. The van der Waals surface area contributed by atoms with Gasteiger partial charge in [-0.25, -0.2) is 4.99 Å². The van der Waals surface area contributed by atoms with Crippen molar-refractivity contribution in [1.29, 1.82) is 0 Å². The van der Waals surface area contributed by atoms with Gasteiger partial charge in [-0.2, -0.15) is 0 Å². The van der Waals surface area contributed by atoms with Crippen LogP contribution in [0.4, 0.5) is 5.69 Å². The van der Waals surface area contributed by atoms with Crippen LogP contribution in [0.15, 0.2) is 126 Å². The molecule has 2 nitrogen and oxygen atoms in total. The number of rotatable bonds is 6. The molecular weight excluding hydrogens is 412 g/mol. The summed E-state index contributed by atoms with van der Waals surface area (Å²) in [6.07, 6.45) is 2.08. The van der Waals surface area contributed by atoms with Crippen LogP contribution in [0.1, 0.15) is 37.5 Å². The Hall–Kier alpha value is -4.17. The summed E-state index contributed by atoms with van der Waals surface area (Å²) in [4.78, 5) is 5.20. The number of nitrogens with two attached hydrogens (primary N) is 1. The first-order valence-electron chi connectivity index (χ1n) is 11.6. The van der Waals surface area contributed by atoms with E-state index in [9.17, 15) is 0 Å². The van der Waals surface area contributed by atoms with Gasteiger partial charge >= 0.3 is 0 Å². The molecule has 0 atom stereocenters. The lowest BCUT2D eigenvalue weighted by Gasteiger charge is -2.14. The average Bonchev–Trinajstić information content (AvgIpc) is 2.90. The SMILES string of the molecule is C/C=C(/N=C(\C(C)=C(/C)c1ccccc1)c1ccccc1)c1ccc(-c2ccc(N)cc2)cc1. The van der Waals surface area contributed by atoms with Gasteiger partial charge in [0, 0.05) is 11.3 Å². The van der Waals surface area contributed by atoms with Crippen LogP contribution >= 0.6 is 0 Å². The Kier molecular flexibility index (Phi) is 7.19. The molecule has 0 aromatic heterocycles. The number of anilines is 1. The van der Waals surface area contributed by atoms with Crippen LogP contribution in [0.25, 0.3) is 22.4 Å². The van der Waals surface area contributed by atoms with Crippen LogP contribution in [0.3, 0.4) is 0 Å². The van der Waals surface area contributed by atoms with E-state index in [4.69, 9.17) is 10.7 Å². The van der Waals surface area contributed by atoms with Gasteiger partial charge in [-0.15, -0.1) is 0 Å². The summed E-state index contributed by atoms with van der Waals surface area (Å²) in [5.74, 6) is 0. The highest BCUT2D eigenvalue weighted by atomic mass is 14.8. The molecule has 4 rings (SSSR count). The number of hydrogen-bond donors (Lipinski definition) is 1. The van der Waals surface area contributed by atoms with E-state index in [1.807, 2.05) is 43.3 Å². The Labute approximate surface area is 202 Å². The van der Waals surface area contributed by atoms with Gasteiger partial charge in [0.05, 0.1) is 11.4 Å². The van der Waals surface area contributed by atoms with Gasteiger partial charge in [0.25, 0.3) is 0 Å². The second-order valence-electron chi connectivity index (χ2n) is 8.32. The van der Waals surface area contributed by atoms with E-state index in [-0.39, 0.29) is 0 Å². The van der Waals surface area contributed by atoms with Crippen LogP contribution in [-0.2, 0) is 0 Å². The second kappa shape index (κ2) is 10.6. The van der Waals surface area contributed by atoms with Crippen molar-refractivity contribution in [3.63, 3.8) is 0 Å². The molecule has 0 heterocycles. The van der Waals surface area contributed by atoms with Crippen LogP contribution in [0.2, 0.25) is 0 Å². The topological polar surface area (TPSA) is 38.4 Å². The van der Waals surface area contributed by atoms with Crippen molar-refractivity contribution >= 4 is 22.7 Å². The highest BCUT2D eigenvalue weighted by Crippen LogP contribution is 2.27. The number of allylic oxidation sites excluding steroid dienone is 3. The maximum atomic E-state index is 5.84. The summed E-state index contributed by atoms with van der Waals surface area (Å²) >= 11 is 0. The fourth-order valence-electron chi connectivity index (χ4n) is 3.97. The average molecular weight is 443 g/mol. The summed E-state index contributed by atoms with van der Waals surface area (Å²) in [5, 5.41) is 0. The molecule has 0 saturated heterocycles. The van der Waals surface area contributed by atoms with E-state index in [1.165, 1.54) is 11.1 Å². The molecule has 0 amide bonds. The maximum absolute atomic E-state index is 5.84. The van der Waals surface area contributed by atoms with Crippen molar-refractivity contribution in [3.8, 4) is 11.1 Å². The largest absolute Gasteiger partial charge is 0.399 e. The molecule has 34 heavy (non-hydrogen) atoms. The summed E-state index contributed by atoms with van der Waals surface area (Å²) in [5.41, 5.74) is 16.6. The number of benzene rings is 4. The van der Waals surface area contributed by atoms with Gasteiger partial charge < -0.3 is 5.73 Å². The fourth-order valence-corrected chi connectivity index (χ4v) is 3.97. The molecule has 0 bridgehead atoms. The number of nitrogens with zero attached hydrogens (tertiary/aromatic N) is 1. The predicted octanol–water partition coefficient (Wildman–Crippen LogP) is 8.28. The van der Waals surface area contributed by atoms with E-state index in [1.54, 1.807) is 0 Å². The lowest BCUT2D eigenvalue weighted by molar-refractivity contribution is 1.42. The van der Waals surface area contributed by atoms with E-state index in [0.717, 1.165) is 44.9 Å². The van der Waals surface area contributed by atoms with Crippen LogP contribution in [-0.4, -0.2) is 5.71 Å². The molecule has 0 radical (unpaired) electrons. The summed E-state index contributed by atoms with van der Waals surface area (Å²) in [6, 6.07) is 37.4. The second-order valence-corrected chi connectivity index (χ2v) is 8.32. The van der Waals surface area contributed by atoms with Gasteiger partial charge in [0.15, 0.2) is 0 Å². The molecule has 2 N–H and O–H groups in total. The van der Waals surface area contributed by atoms with Crippen molar-refractivity contribution in [3.05, 3.63) is 138 Å². The van der Waals surface area contributed by atoms with Crippen molar-refractivity contribution < 1.29 is 0 Å². The van der Waals surface area contributed by atoms with Crippen molar-refractivity contribution in [2.45, 2.75) is 20.8 Å². The monoisotopic (exact) mass is 442 g/mol. The fraction of sp³-hybridized carbons (Fsp3) is 0.0938. The molecule has 0 unspecified atom stereocenters. The third kappa shape index (κ3) is 5.24. The Bertz CT molecular complexity index is 1330. The minimum Gasteiger partial charge on any atom is -0.399 e. The maximum Gasteiger partial charge on any atom is 0.0741 e. The van der Waals surface area contributed by atoms with Crippen LogP contribution in [0, 0.1) is 0 Å². The molecule has 2 heteroatoms. The molecule has 4 aromatic rings. The number of nitrogen functional groups attached to an aromatic ring is 1. The van der Waals surface area contributed by atoms with Crippen molar-refractivity contribution in [1.82, 2.24) is 0 Å². The standard InChI is InChI=1S/C32H30N2/c1-4-31(28-17-15-26(16-18-28)27-19-21-30(33)22-20-27)34-32(29-13-9-6-10-14-29)24(3)23(2)25-11-7-5-8-12-25/h4-22H,33H2,1-3H3/b24-23+,31-4+,34-32+. The van der Waals surface area contributed by atoms with Gasteiger partial charge in [0.1, 0.15) is 0 Å². The predicted molar refractivity (Wildman–Crippen MR) is 148 cm³/mol. The Morgan fingerprint density at radius 2 is 1.12 bits per heavy atom. The van der Waals surface area contributed by atoms with Gasteiger partial charge in [-0.05, 0) is 66.3 Å². The number of aliphatic imine (C=N–C) groups is 1. The van der Waals surface area contributed by atoms with Gasteiger partial charge in [0.2, 0.25) is 0 Å². The zero-order chi connectivity index (χ0) is 23.9. The highest BCUT2D eigenvalue weighted by molar-refractivity contribution is 6.17. The summed E-state index contributed by atoms with van der Waals surface area (Å²) in [6.45, 7) is 6.37. The molecule has 0 fully saturated rings. The first-order chi connectivity index (χ1) is 16.6. The first-order valence-corrected chi connectivity index (χ1v) is 11.6. The van der Waals surface area contributed by atoms with E-state index in [2.05, 4.69) is 92.7 Å². The third-order valence-electron chi connectivity index (χ3n) is 6.10. The van der Waals surface area contributed by atoms with Crippen LogP contribution in [0.5, 0.6) is 0 Å². The smallest absolute Gasteiger partial charge is 0.0741 e. The molecule has 0 spiro atoms. The molecule has 0 aliphatic rings. The Morgan fingerprint density at radius 3 is 1.65 bits per heavy atom. The zero-order valence-corrected chi connectivity index (χ0v) is 20.0. The number of hydrogen-bond acceptors (Lipinski definition) is 2. The zero-order valence-electron chi connectivity index (χ0n) is 20.0. The normalized spacial score (nSPS) is 12.9. The first kappa shape index (κ1) is 23.0. The van der Waals surface area contributed by atoms with Gasteiger partial charge in [-0.1, -0.05) is 103 Å². The third-order valence-corrected chi connectivity index (χ3v) is 6.10. The van der Waals surface area contributed by atoms with Crippen LogP contribution < -0.4 is 5.73 Å². The molecular formula is C32H30N2. The molecule has 0 aliphatic heterocycles. The summed E-state index contributed by atoms with van der Waals surface area (Å²) in [7, 11) is 0.